The average Bonchev–Trinajstić information content (AvgIpc) is 2.52. The van der Waals surface area contributed by atoms with Crippen molar-refractivity contribution in [3.05, 3.63) is 59.4 Å². The summed E-state index contributed by atoms with van der Waals surface area (Å²) in [6.45, 7) is 0.386. The topological polar surface area (TPSA) is 47.6 Å². The molecule has 0 saturated heterocycles. The monoisotopic (exact) mass is 323 g/mol. The molecule has 2 aromatic rings. The van der Waals surface area contributed by atoms with Crippen molar-refractivity contribution in [2.45, 2.75) is 0 Å². The molecule has 6 heteroatoms. The first-order valence-electron chi connectivity index (χ1n) is 6.67. The summed E-state index contributed by atoms with van der Waals surface area (Å²) >= 11 is 5.76. The molecule has 0 aliphatic heterocycles. The second-order valence-electron chi connectivity index (χ2n) is 4.37. The minimum atomic E-state index is -0.499. The van der Waals surface area contributed by atoms with Gasteiger partial charge in [-0.25, -0.2) is 4.39 Å². The van der Waals surface area contributed by atoms with Crippen molar-refractivity contribution in [3.8, 4) is 11.5 Å². The predicted octanol–water partition coefficient (Wildman–Crippen LogP) is 3.05. The zero-order valence-electron chi connectivity index (χ0n) is 11.7. The van der Waals surface area contributed by atoms with Crippen LogP contribution in [0, 0.1) is 5.82 Å². The van der Waals surface area contributed by atoms with E-state index in [1.54, 1.807) is 36.4 Å². The van der Waals surface area contributed by atoms with E-state index in [4.69, 9.17) is 21.1 Å². The van der Waals surface area contributed by atoms with Gasteiger partial charge in [0, 0.05) is 5.02 Å². The van der Waals surface area contributed by atoms with Gasteiger partial charge in [-0.05, 0) is 36.4 Å². The number of halogens is 2. The number of rotatable bonds is 7. The van der Waals surface area contributed by atoms with E-state index in [-0.39, 0.29) is 18.3 Å². The molecule has 0 atom stereocenters. The lowest BCUT2D eigenvalue weighted by atomic mass is 10.3. The van der Waals surface area contributed by atoms with E-state index in [2.05, 4.69) is 5.32 Å². The number of nitrogens with one attached hydrogen (secondary N) is 1. The van der Waals surface area contributed by atoms with Gasteiger partial charge in [0.1, 0.15) is 12.4 Å². The van der Waals surface area contributed by atoms with Gasteiger partial charge in [0.05, 0.1) is 6.54 Å². The molecule has 0 spiro atoms. The third-order valence-electron chi connectivity index (χ3n) is 2.70. The third-order valence-corrected chi connectivity index (χ3v) is 2.95. The normalized spacial score (nSPS) is 10.1. The molecule has 0 bridgehead atoms. The molecule has 22 heavy (non-hydrogen) atoms. The zero-order valence-corrected chi connectivity index (χ0v) is 12.5. The maximum atomic E-state index is 13.3. The van der Waals surface area contributed by atoms with Gasteiger partial charge in [-0.2, -0.15) is 0 Å². The number of hydrogen-bond donors (Lipinski definition) is 1. The first-order chi connectivity index (χ1) is 10.6. The minimum Gasteiger partial charge on any atom is -0.492 e. The van der Waals surface area contributed by atoms with Gasteiger partial charge in [-0.3, -0.25) is 4.79 Å². The van der Waals surface area contributed by atoms with Crippen molar-refractivity contribution in [1.29, 1.82) is 0 Å². The molecule has 0 fully saturated rings. The predicted molar refractivity (Wildman–Crippen MR) is 81.9 cm³/mol. The fourth-order valence-electron chi connectivity index (χ4n) is 1.65. The molecule has 1 amide bonds. The van der Waals surface area contributed by atoms with Gasteiger partial charge in [0.25, 0.3) is 5.91 Å². The van der Waals surface area contributed by atoms with E-state index >= 15 is 0 Å². The Morgan fingerprint density at radius 3 is 2.55 bits per heavy atom. The average molecular weight is 324 g/mol. The summed E-state index contributed by atoms with van der Waals surface area (Å²) in [5, 5.41) is 3.25. The second kappa shape index (κ2) is 8.24. The van der Waals surface area contributed by atoms with Crippen LogP contribution in [0.1, 0.15) is 0 Å². The maximum Gasteiger partial charge on any atom is 0.258 e. The summed E-state index contributed by atoms with van der Waals surface area (Å²) in [6.07, 6.45) is 0. The Labute approximate surface area is 132 Å². The smallest absolute Gasteiger partial charge is 0.258 e. The zero-order chi connectivity index (χ0) is 15.8. The van der Waals surface area contributed by atoms with Crippen molar-refractivity contribution < 1.29 is 18.7 Å². The summed E-state index contributed by atoms with van der Waals surface area (Å²) in [7, 11) is 0. The molecular formula is C16H15ClFNO3. The van der Waals surface area contributed by atoms with Gasteiger partial charge < -0.3 is 14.8 Å². The van der Waals surface area contributed by atoms with Crippen molar-refractivity contribution in [2.75, 3.05) is 19.8 Å². The Bertz CT molecular complexity index is 619. The van der Waals surface area contributed by atoms with Gasteiger partial charge >= 0.3 is 0 Å². The van der Waals surface area contributed by atoms with Crippen LogP contribution in [0.25, 0.3) is 0 Å². The molecule has 0 aliphatic rings. The molecule has 0 saturated carbocycles. The maximum absolute atomic E-state index is 13.3. The minimum absolute atomic E-state index is 0.0510. The Balaban J connectivity index is 1.64. The van der Waals surface area contributed by atoms with E-state index in [0.29, 0.717) is 23.9 Å². The van der Waals surface area contributed by atoms with E-state index in [9.17, 15) is 9.18 Å². The molecule has 2 rings (SSSR count). The fourth-order valence-corrected chi connectivity index (χ4v) is 1.77. The molecule has 4 nitrogen and oxygen atoms in total. The lowest BCUT2D eigenvalue weighted by Crippen LogP contribution is -2.32. The quantitative estimate of drug-likeness (QED) is 0.797. The molecule has 0 radical (unpaired) electrons. The van der Waals surface area contributed by atoms with Gasteiger partial charge in [-0.15, -0.1) is 0 Å². The summed E-state index contributed by atoms with van der Waals surface area (Å²) in [5.74, 6) is -0.124. The van der Waals surface area contributed by atoms with Gasteiger partial charge in [-0.1, -0.05) is 23.7 Å². The summed E-state index contributed by atoms with van der Waals surface area (Å²) in [5.41, 5.74) is 0. The molecule has 0 unspecified atom stereocenters. The van der Waals surface area contributed by atoms with E-state index < -0.39 is 5.82 Å². The summed E-state index contributed by atoms with van der Waals surface area (Å²) in [6, 6.07) is 12.8. The van der Waals surface area contributed by atoms with Crippen LogP contribution in [-0.4, -0.2) is 25.7 Å². The van der Waals surface area contributed by atoms with Crippen LogP contribution < -0.4 is 14.8 Å². The standard InChI is InChI=1S/C16H15ClFNO3/c17-12-5-7-13(8-6-12)21-10-9-19-16(20)11-22-15-4-2-1-3-14(15)18/h1-8H,9-11H2,(H,19,20). The van der Waals surface area contributed by atoms with Gasteiger partial charge in [0.15, 0.2) is 18.2 Å². The Morgan fingerprint density at radius 1 is 1.09 bits per heavy atom. The molecule has 0 aromatic heterocycles. The highest BCUT2D eigenvalue weighted by Crippen LogP contribution is 2.15. The molecule has 116 valence electrons. The number of ether oxygens (including phenoxy) is 2. The highest BCUT2D eigenvalue weighted by Gasteiger charge is 2.05. The van der Waals surface area contributed by atoms with Crippen LogP contribution in [0.2, 0.25) is 5.02 Å². The van der Waals surface area contributed by atoms with Crippen LogP contribution in [0.3, 0.4) is 0 Å². The van der Waals surface area contributed by atoms with E-state index in [1.165, 1.54) is 12.1 Å². The third kappa shape index (κ3) is 5.26. The molecule has 1 N–H and O–H groups in total. The summed E-state index contributed by atoms with van der Waals surface area (Å²) in [4.78, 5) is 11.6. The Morgan fingerprint density at radius 2 is 1.82 bits per heavy atom. The molecule has 0 aliphatic carbocycles. The largest absolute Gasteiger partial charge is 0.492 e. The van der Waals surface area contributed by atoms with Crippen LogP contribution >= 0.6 is 11.6 Å². The lowest BCUT2D eigenvalue weighted by Gasteiger charge is -2.09. The van der Waals surface area contributed by atoms with Gasteiger partial charge in [0.2, 0.25) is 0 Å². The Kier molecular flexibility index (Phi) is 6.03. The first-order valence-corrected chi connectivity index (χ1v) is 7.05. The van der Waals surface area contributed by atoms with Crippen LogP contribution in [0.5, 0.6) is 11.5 Å². The van der Waals surface area contributed by atoms with Crippen molar-refractivity contribution >= 4 is 17.5 Å². The van der Waals surface area contributed by atoms with Crippen LogP contribution in [-0.2, 0) is 4.79 Å². The molecule has 0 heterocycles. The lowest BCUT2D eigenvalue weighted by molar-refractivity contribution is -0.123. The van der Waals surface area contributed by atoms with Crippen molar-refractivity contribution in [1.82, 2.24) is 5.32 Å². The van der Waals surface area contributed by atoms with E-state index in [1.807, 2.05) is 0 Å². The van der Waals surface area contributed by atoms with Crippen molar-refractivity contribution in [2.24, 2.45) is 0 Å². The number of hydrogen-bond acceptors (Lipinski definition) is 3. The fraction of sp³-hybridized carbons (Fsp3) is 0.188. The van der Waals surface area contributed by atoms with Crippen LogP contribution in [0.4, 0.5) is 4.39 Å². The number of amides is 1. The molecular weight excluding hydrogens is 309 g/mol. The van der Waals surface area contributed by atoms with Crippen molar-refractivity contribution in [3.63, 3.8) is 0 Å². The number of carbonyl (C=O) groups excluding carboxylic acids is 1. The Hall–Kier alpha value is -2.27. The SMILES string of the molecule is O=C(COc1ccccc1F)NCCOc1ccc(Cl)cc1. The first kappa shape index (κ1) is 16.1. The molecule has 2 aromatic carbocycles. The van der Waals surface area contributed by atoms with E-state index in [0.717, 1.165) is 0 Å². The number of para-hydroxylation sites is 1. The second-order valence-corrected chi connectivity index (χ2v) is 4.81. The highest BCUT2D eigenvalue weighted by molar-refractivity contribution is 6.30. The number of carbonyl (C=O) groups is 1. The summed E-state index contributed by atoms with van der Waals surface area (Å²) < 4.78 is 23.8. The highest BCUT2D eigenvalue weighted by atomic mass is 35.5. The van der Waals surface area contributed by atoms with Crippen LogP contribution in [0.15, 0.2) is 48.5 Å². The number of benzene rings is 2.